The van der Waals surface area contributed by atoms with Gasteiger partial charge in [0.2, 0.25) is 0 Å². The minimum absolute atomic E-state index is 0.00720. The van der Waals surface area contributed by atoms with E-state index in [0.717, 1.165) is 42.4 Å². The molecule has 0 saturated carbocycles. The van der Waals surface area contributed by atoms with Crippen molar-refractivity contribution in [3.63, 3.8) is 0 Å². The Kier molecular flexibility index (Phi) is 5.84. The number of aromatic amines is 1. The van der Waals surface area contributed by atoms with Crippen LogP contribution in [0.3, 0.4) is 0 Å². The Bertz CT molecular complexity index is 1990. The normalized spacial score (nSPS) is 24.1. The molecule has 11 heteroatoms. The topological polar surface area (TPSA) is 129 Å². The number of rotatable bonds is 5. The van der Waals surface area contributed by atoms with Crippen LogP contribution in [-0.4, -0.2) is 52.6 Å². The molecule has 2 saturated heterocycles. The first-order valence-corrected chi connectivity index (χ1v) is 13.7. The highest BCUT2D eigenvalue weighted by atomic mass is 31.1. The Balaban J connectivity index is 1.30. The standard InChI is InChI=1S/C29H21N2O8P/c1-36-14-29-15-37-24(25(29)39-40(34)35)27(38-29)31-13-20(26(32)30-28(31)33)10-6-16-5-7-19-9-8-17-3-2-4-18-11-12-21(16)23(19)22(17)18/h2-5,7-9,11-13,24-25,27H,14-15H2,1H3,(H-,30,32,33,34,35)/p+1. The van der Waals surface area contributed by atoms with Gasteiger partial charge in [0.25, 0.3) is 5.56 Å². The van der Waals surface area contributed by atoms with Crippen LogP contribution in [0.15, 0.2) is 70.4 Å². The number of fused-ring (bicyclic) bond motifs is 2. The van der Waals surface area contributed by atoms with Crippen molar-refractivity contribution >= 4 is 40.6 Å². The summed E-state index contributed by atoms with van der Waals surface area (Å²) in [6.45, 7) is 0.0581. The van der Waals surface area contributed by atoms with E-state index in [0.29, 0.717) is 0 Å². The van der Waals surface area contributed by atoms with Gasteiger partial charge in [0, 0.05) is 23.4 Å². The van der Waals surface area contributed by atoms with Gasteiger partial charge in [0.1, 0.15) is 11.7 Å². The molecule has 5 aromatic rings. The lowest BCUT2D eigenvalue weighted by molar-refractivity contribution is -0.190. The highest BCUT2D eigenvalue weighted by Gasteiger charge is 2.66. The van der Waals surface area contributed by atoms with Crippen LogP contribution in [0.2, 0.25) is 0 Å². The van der Waals surface area contributed by atoms with Gasteiger partial charge in [0.15, 0.2) is 17.9 Å². The molecule has 5 unspecified atom stereocenters. The molecule has 2 N–H and O–H groups in total. The molecule has 10 nitrogen and oxygen atoms in total. The maximum Gasteiger partial charge on any atom is 0.695 e. The van der Waals surface area contributed by atoms with Crippen LogP contribution in [0.1, 0.15) is 17.4 Å². The molecule has 3 heterocycles. The molecule has 2 aliphatic heterocycles. The second kappa shape index (κ2) is 9.32. The summed E-state index contributed by atoms with van der Waals surface area (Å²) in [5.74, 6) is 6.04. The molecule has 0 aliphatic carbocycles. The van der Waals surface area contributed by atoms with Crippen LogP contribution in [0.25, 0.3) is 32.3 Å². The van der Waals surface area contributed by atoms with Crippen molar-refractivity contribution in [1.29, 1.82) is 0 Å². The second-order valence-corrected chi connectivity index (χ2v) is 10.7. The van der Waals surface area contributed by atoms with Crippen LogP contribution in [-0.2, 0) is 23.3 Å². The fraction of sp³-hybridized carbons (Fsp3) is 0.241. The zero-order valence-corrected chi connectivity index (χ0v) is 22.0. The Hall–Kier alpha value is -3.94. The highest BCUT2D eigenvalue weighted by Crippen LogP contribution is 2.48. The van der Waals surface area contributed by atoms with Gasteiger partial charge in [-0.3, -0.25) is 14.3 Å². The van der Waals surface area contributed by atoms with Gasteiger partial charge in [-0.15, -0.1) is 9.42 Å². The van der Waals surface area contributed by atoms with Crippen LogP contribution >= 0.6 is 8.25 Å². The number of hydrogen-bond acceptors (Lipinski definition) is 7. The first-order valence-electron chi connectivity index (χ1n) is 12.5. The molecule has 0 amide bonds. The van der Waals surface area contributed by atoms with Crippen molar-refractivity contribution in [3.05, 3.63) is 92.8 Å². The van der Waals surface area contributed by atoms with Gasteiger partial charge in [-0.2, -0.15) is 0 Å². The van der Waals surface area contributed by atoms with E-state index in [1.54, 1.807) is 0 Å². The summed E-state index contributed by atoms with van der Waals surface area (Å²) in [4.78, 5) is 37.3. The summed E-state index contributed by atoms with van der Waals surface area (Å²) in [5, 5.41) is 6.59. The van der Waals surface area contributed by atoms with E-state index in [1.807, 2.05) is 24.3 Å². The fourth-order valence-corrected chi connectivity index (χ4v) is 6.47. The van der Waals surface area contributed by atoms with Gasteiger partial charge in [-0.1, -0.05) is 60.4 Å². The van der Waals surface area contributed by atoms with Crippen LogP contribution in [0.4, 0.5) is 0 Å². The van der Waals surface area contributed by atoms with Crippen LogP contribution < -0.4 is 11.2 Å². The summed E-state index contributed by atoms with van der Waals surface area (Å²) in [6, 6.07) is 18.4. The molecule has 200 valence electrons. The van der Waals surface area contributed by atoms with Gasteiger partial charge < -0.3 is 14.2 Å². The number of benzene rings is 4. The van der Waals surface area contributed by atoms with Gasteiger partial charge in [0.05, 0.1) is 13.2 Å². The molecule has 2 bridgehead atoms. The number of hydrogen-bond donors (Lipinski definition) is 2. The molecule has 40 heavy (non-hydrogen) atoms. The summed E-state index contributed by atoms with van der Waals surface area (Å²) >= 11 is 0. The van der Waals surface area contributed by atoms with Gasteiger partial charge in [-0.05, 0) is 38.4 Å². The monoisotopic (exact) mass is 557 g/mol. The number of nitrogens with one attached hydrogen (secondary N) is 1. The first kappa shape index (κ1) is 25.1. The third-order valence-electron chi connectivity index (χ3n) is 7.67. The zero-order valence-electron chi connectivity index (χ0n) is 21.1. The summed E-state index contributed by atoms with van der Waals surface area (Å²) in [7, 11) is -1.52. The van der Waals surface area contributed by atoms with Crippen LogP contribution in [0.5, 0.6) is 0 Å². The first-order chi connectivity index (χ1) is 19.4. The van der Waals surface area contributed by atoms with Crippen molar-refractivity contribution in [1.82, 2.24) is 9.55 Å². The van der Waals surface area contributed by atoms with Gasteiger partial charge in [-0.25, -0.2) is 4.79 Å². The number of aromatic nitrogens is 2. The minimum atomic E-state index is -2.97. The van der Waals surface area contributed by atoms with E-state index >= 15 is 0 Å². The van der Waals surface area contributed by atoms with Gasteiger partial charge >= 0.3 is 13.9 Å². The van der Waals surface area contributed by atoms with Crippen molar-refractivity contribution in [2.75, 3.05) is 20.3 Å². The highest BCUT2D eigenvalue weighted by molar-refractivity contribution is 7.32. The number of H-pyrrole nitrogens is 1. The number of nitrogens with zero attached hydrogens (tertiary/aromatic N) is 1. The SMILES string of the molecule is COCC12COC(C(n3cc(C#Cc4ccc5ccc6cccc7ccc4c5c67)c(=O)[nH]c3=O)O1)C2O[P+](=O)O. The van der Waals surface area contributed by atoms with E-state index in [2.05, 4.69) is 47.2 Å². The maximum absolute atomic E-state index is 12.8. The lowest BCUT2D eigenvalue weighted by atomic mass is 9.92. The summed E-state index contributed by atoms with van der Waals surface area (Å²) in [6.07, 6.45) is -1.57. The number of ether oxygens (including phenoxy) is 3. The van der Waals surface area contributed by atoms with E-state index in [4.69, 9.17) is 18.7 Å². The second-order valence-electron chi connectivity index (χ2n) is 9.97. The smallest absolute Gasteiger partial charge is 0.381 e. The molecular weight excluding hydrogens is 535 g/mol. The molecular formula is C29H22N2O8P+. The Morgan fingerprint density at radius 3 is 2.50 bits per heavy atom. The van der Waals surface area contributed by atoms with E-state index < -0.39 is 43.5 Å². The predicted molar refractivity (Wildman–Crippen MR) is 147 cm³/mol. The van der Waals surface area contributed by atoms with Crippen molar-refractivity contribution < 1.29 is 28.2 Å². The lowest BCUT2D eigenvalue weighted by Crippen LogP contribution is -2.45. The Morgan fingerprint density at radius 1 is 1.05 bits per heavy atom. The van der Waals surface area contributed by atoms with Crippen molar-refractivity contribution in [3.8, 4) is 11.8 Å². The minimum Gasteiger partial charge on any atom is -0.381 e. The summed E-state index contributed by atoms with van der Waals surface area (Å²) in [5.41, 5.74) is -1.79. The average Bonchev–Trinajstić information content (AvgIpc) is 3.42. The quantitative estimate of drug-likeness (QED) is 0.192. The Morgan fingerprint density at radius 2 is 1.75 bits per heavy atom. The predicted octanol–water partition coefficient (Wildman–Crippen LogP) is 3.18. The van der Waals surface area contributed by atoms with Crippen molar-refractivity contribution in [2.24, 2.45) is 0 Å². The maximum atomic E-state index is 12.8. The van der Waals surface area contributed by atoms with E-state index in [9.17, 15) is 19.0 Å². The number of methoxy groups -OCH3 is 1. The largest absolute Gasteiger partial charge is 0.695 e. The fourth-order valence-electron chi connectivity index (χ4n) is 5.96. The Labute approximate surface area is 227 Å². The lowest BCUT2D eigenvalue weighted by Gasteiger charge is -2.30. The van der Waals surface area contributed by atoms with Crippen LogP contribution in [0, 0.1) is 11.8 Å². The van der Waals surface area contributed by atoms with Crippen molar-refractivity contribution in [2.45, 2.75) is 24.0 Å². The molecule has 2 fully saturated rings. The summed E-state index contributed by atoms with van der Waals surface area (Å²) < 4.78 is 35.0. The van der Waals surface area contributed by atoms with E-state index in [-0.39, 0.29) is 18.8 Å². The third kappa shape index (κ3) is 3.79. The molecule has 2 aliphatic rings. The molecule has 4 aromatic carbocycles. The molecule has 7 rings (SSSR count). The molecule has 0 radical (unpaired) electrons. The third-order valence-corrected chi connectivity index (χ3v) is 8.08. The molecule has 5 atom stereocenters. The zero-order chi connectivity index (χ0) is 27.6. The van der Waals surface area contributed by atoms with E-state index in [1.165, 1.54) is 13.3 Å². The molecule has 1 aromatic heterocycles. The average molecular weight is 557 g/mol. The molecule has 0 spiro atoms.